The fourth-order valence-corrected chi connectivity index (χ4v) is 1.81. The lowest BCUT2D eigenvalue weighted by atomic mass is 10.1. The van der Waals surface area contributed by atoms with Crippen LogP contribution in [0.2, 0.25) is 0 Å². The van der Waals surface area contributed by atoms with E-state index >= 15 is 0 Å². The molecule has 16 heavy (non-hydrogen) atoms. The molecular formula is C11H18N2O2S. The number of carbonyl (C=O) groups is 1. The standard InChI is InChI=1S/C11H18N2O2S/c1-7-13-8(6-16-7)5-9(12)10(14)15-11(2,3)4/h6,9H,5,12H2,1-4H3. The summed E-state index contributed by atoms with van der Waals surface area (Å²) in [6, 6.07) is -0.638. The van der Waals surface area contributed by atoms with Gasteiger partial charge in [0, 0.05) is 11.8 Å². The van der Waals surface area contributed by atoms with Crippen molar-refractivity contribution in [3.05, 3.63) is 16.1 Å². The quantitative estimate of drug-likeness (QED) is 0.819. The van der Waals surface area contributed by atoms with Gasteiger partial charge in [-0.2, -0.15) is 0 Å². The Morgan fingerprint density at radius 1 is 1.62 bits per heavy atom. The van der Waals surface area contributed by atoms with Crippen molar-refractivity contribution in [3.63, 3.8) is 0 Å². The SMILES string of the molecule is Cc1nc(CC(N)C(=O)OC(C)(C)C)cs1. The van der Waals surface area contributed by atoms with Crippen LogP contribution in [-0.4, -0.2) is 22.6 Å². The summed E-state index contributed by atoms with van der Waals surface area (Å²) in [6.45, 7) is 7.40. The zero-order valence-corrected chi connectivity index (χ0v) is 10.9. The number of esters is 1. The molecule has 5 heteroatoms. The number of ether oxygens (including phenoxy) is 1. The highest BCUT2D eigenvalue weighted by molar-refractivity contribution is 7.09. The maximum atomic E-state index is 11.6. The van der Waals surface area contributed by atoms with Crippen LogP contribution in [0.5, 0.6) is 0 Å². The molecule has 2 N–H and O–H groups in total. The first-order valence-electron chi connectivity index (χ1n) is 5.17. The minimum absolute atomic E-state index is 0.377. The van der Waals surface area contributed by atoms with Gasteiger partial charge in [0.15, 0.2) is 0 Å². The number of aryl methyl sites for hydroxylation is 1. The Bertz CT molecular complexity index is 368. The number of rotatable bonds is 3. The zero-order chi connectivity index (χ0) is 12.3. The summed E-state index contributed by atoms with van der Waals surface area (Å²) < 4.78 is 5.19. The van der Waals surface area contributed by atoms with Crippen LogP contribution < -0.4 is 5.73 Å². The fraction of sp³-hybridized carbons (Fsp3) is 0.636. The molecule has 1 aromatic heterocycles. The van der Waals surface area contributed by atoms with E-state index in [0.29, 0.717) is 6.42 Å². The number of carbonyl (C=O) groups excluding carboxylic acids is 1. The van der Waals surface area contributed by atoms with Crippen LogP contribution in [0, 0.1) is 6.92 Å². The van der Waals surface area contributed by atoms with Crippen LogP contribution in [0.25, 0.3) is 0 Å². The number of hydrogen-bond acceptors (Lipinski definition) is 5. The van der Waals surface area contributed by atoms with Gasteiger partial charge in [-0.3, -0.25) is 4.79 Å². The van der Waals surface area contributed by atoms with E-state index in [4.69, 9.17) is 10.5 Å². The number of nitrogens with zero attached hydrogens (tertiary/aromatic N) is 1. The van der Waals surface area contributed by atoms with Crippen LogP contribution in [0.15, 0.2) is 5.38 Å². The number of hydrogen-bond donors (Lipinski definition) is 1. The van der Waals surface area contributed by atoms with Crippen LogP contribution in [0.4, 0.5) is 0 Å². The highest BCUT2D eigenvalue weighted by Crippen LogP contribution is 2.12. The topological polar surface area (TPSA) is 65.2 Å². The van der Waals surface area contributed by atoms with Gasteiger partial charge < -0.3 is 10.5 Å². The minimum Gasteiger partial charge on any atom is -0.459 e. The van der Waals surface area contributed by atoms with Crippen molar-refractivity contribution in [2.24, 2.45) is 5.73 Å². The summed E-state index contributed by atoms with van der Waals surface area (Å²) >= 11 is 1.55. The molecule has 90 valence electrons. The third-order valence-electron chi connectivity index (χ3n) is 1.81. The van der Waals surface area contributed by atoms with Crippen molar-refractivity contribution in [1.29, 1.82) is 0 Å². The van der Waals surface area contributed by atoms with E-state index in [9.17, 15) is 4.79 Å². The Balaban J connectivity index is 2.52. The first kappa shape index (κ1) is 13.1. The van der Waals surface area contributed by atoms with Crippen LogP contribution >= 0.6 is 11.3 Å². The third-order valence-corrected chi connectivity index (χ3v) is 2.63. The molecule has 0 fully saturated rings. The molecule has 1 atom stereocenters. The Morgan fingerprint density at radius 3 is 2.69 bits per heavy atom. The predicted molar refractivity (Wildman–Crippen MR) is 64.4 cm³/mol. The van der Waals surface area contributed by atoms with Gasteiger partial charge in [-0.15, -0.1) is 11.3 Å². The average Bonchev–Trinajstić information content (AvgIpc) is 2.48. The van der Waals surface area contributed by atoms with Gasteiger partial charge in [-0.25, -0.2) is 4.98 Å². The van der Waals surface area contributed by atoms with Crippen LogP contribution in [0.1, 0.15) is 31.5 Å². The predicted octanol–water partition coefficient (Wildman–Crippen LogP) is 1.66. The van der Waals surface area contributed by atoms with Crippen molar-refractivity contribution in [2.75, 3.05) is 0 Å². The molecular weight excluding hydrogens is 224 g/mol. The molecule has 1 rings (SSSR count). The molecule has 1 unspecified atom stereocenters. The summed E-state index contributed by atoms with van der Waals surface area (Å²) in [5.41, 5.74) is 6.11. The number of thiazole rings is 1. The van der Waals surface area contributed by atoms with Crippen LogP contribution in [0.3, 0.4) is 0 Å². The highest BCUT2D eigenvalue weighted by atomic mass is 32.1. The normalized spacial score (nSPS) is 13.6. The molecule has 0 aliphatic rings. The maximum absolute atomic E-state index is 11.6. The van der Waals surface area contributed by atoms with Gasteiger partial charge in [0.05, 0.1) is 10.7 Å². The molecule has 0 spiro atoms. The first-order chi connectivity index (χ1) is 7.28. The van der Waals surface area contributed by atoms with E-state index in [2.05, 4.69) is 4.98 Å². The molecule has 1 aromatic rings. The average molecular weight is 242 g/mol. The largest absolute Gasteiger partial charge is 0.459 e. The molecule has 0 amide bonds. The van der Waals surface area contributed by atoms with Crippen molar-refractivity contribution in [2.45, 2.75) is 45.8 Å². The van der Waals surface area contributed by atoms with Gasteiger partial charge in [-0.1, -0.05) is 0 Å². The summed E-state index contributed by atoms with van der Waals surface area (Å²) in [5, 5.41) is 2.89. The lowest BCUT2D eigenvalue weighted by Crippen LogP contribution is -2.38. The van der Waals surface area contributed by atoms with Gasteiger partial charge >= 0.3 is 5.97 Å². The molecule has 1 heterocycles. The second-order valence-corrected chi connectivity index (χ2v) is 5.76. The van der Waals surface area contributed by atoms with E-state index in [-0.39, 0.29) is 5.97 Å². The molecule has 0 radical (unpaired) electrons. The van der Waals surface area contributed by atoms with Crippen LogP contribution in [-0.2, 0) is 16.0 Å². The maximum Gasteiger partial charge on any atom is 0.323 e. The van der Waals surface area contributed by atoms with Crippen molar-refractivity contribution >= 4 is 17.3 Å². The fourth-order valence-electron chi connectivity index (χ4n) is 1.19. The molecule has 0 aliphatic heterocycles. The van der Waals surface area contributed by atoms with E-state index < -0.39 is 11.6 Å². The molecule has 0 saturated carbocycles. The Labute approximate surface area is 99.8 Å². The molecule has 0 bridgehead atoms. The van der Waals surface area contributed by atoms with Gasteiger partial charge in [0.25, 0.3) is 0 Å². The van der Waals surface area contributed by atoms with E-state index in [1.54, 1.807) is 11.3 Å². The summed E-state index contributed by atoms with van der Waals surface area (Å²) in [5.74, 6) is -0.377. The first-order valence-corrected chi connectivity index (χ1v) is 6.05. The smallest absolute Gasteiger partial charge is 0.323 e. The third kappa shape index (κ3) is 4.28. The Kier molecular flexibility index (Phi) is 4.04. The Morgan fingerprint density at radius 2 is 2.25 bits per heavy atom. The zero-order valence-electron chi connectivity index (χ0n) is 10.1. The number of nitrogens with two attached hydrogens (primary N) is 1. The van der Waals surface area contributed by atoms with Crippen molar-refractivity contribution < 1.29 is 9.53 Å². The number of aromatic nitrogens is 1. The van der Waals surface area contributed by atoms with Gasteiger partial charge in [0.1, 0.15) is 11.6 Å². The monoisotopic (exact) mass is 242 g/mol. The van der Waals surface area contributed by atoms with E-state index in [1.807, 2.05) is 33.1 Å². The van der Waals surface area contributed by atoms with E-state index in [0.717, 1.165) is 10.7 Å². The molecule has 0 aromatic carbocycles. The lowest BCUT2D eigenvalue weighted by Gasteiger charge is -2.21. The van der Waals surface area contributed by atoms with Crippen molar-refractivity contribution in [1.82, 2.24) is 4.98 Å². The van der Waals surface area contributed by atoms with Gasteiger partial charge in [-0.05, 0) is 27.7 Å². The van der Waals surface area contributed by atoms with Gasteiger partial charge in [0.2, 0.25) is 0 Å². The second kappa shape index (κ2) is 4.93. The highest BCUT2D eigenvalue weighted by Gasteiger charge is 2.22. The van der Waals surface area contributed by atoms with Crippen molar-refractivity contribution in [3.8, 4) is 0 Å². The summed E-state index contributed by atoms with van der Waals surface area (Å²) in [6.07, 6.45) is 0.430. The molecule has 0 saturated heterocycles. The Hall–Kier alpha value is -0.940. The molecule has 4 nitrogen and oxygen atoms in total. The lowest BCUT2D eigenvalue weighted by molar-refractivity contribution is -0.156. The summed E-state index contributed by atoms with van der Waals surface area (Å²) in [7, 11) is 0. The minimum atomic E-state index is -0.638. The molecule has 0 aliphatic carbocycles. The second-order valence-electron chi connectivity index (χ2n) is 4.70. The summed E-state index contributed by atoms with van der Waals surface area (Å²) in [4.78, 5) is 15.9. The van der Waals surface area contributed by atoms with E-state index in [1.165, 1.54) is 0 Å².